The lowest BCUT2D eigenvalue weighted by molar-refractivity contribution is -0.139. The number of aromatic nitrogens is 1. The van der Waals surface area contributed by atoms with E-state index >= 15 is 0 Å². The Hall–Kier alpha value is -2.42. The van der Waals surface area contributed by atoms with Crippen LogP contribution < -0.4 is 5.56 Å². The maximum absolute atomic E-state index is 11.8. The number of aryl methyl sites for hydroxylation is 1. The topological polar surface area (TPSA) is 100 Å². The zero-order valence-electron chi connectivity index (χ0n) is 10.1. The quantitative estimate of drug-likeness (QED) is 0.619. The van der Waals surface area contributed by atoms with E-state index in [1.54, 1.807) is 13.0 Å². The Kier molecular flexibility index (Phi) is 4.38. The number of nitrogens with one attached hydrogen (secondary N) is 1. The van der Waals surface area contributed by atoms with Crippen molar-refractivity contribution in [1.29, 1.82) is 5.26 Å². The summed E-state index contributed by atoms with van der Waals surface area (Å²) in [6, 6.07) is 2.93. The maximum Gasteiger partial charge on any atom is 0.303 e. The van der Waals surface area contributed by atoms with E-state index in [-0.39, 0.29) is 11.1 Å². The van der Waals surface area contributed by atoms with Gasteiger partial charge in [0, 0.05) is 18.2 Å². The molecule has 18 heavy (non-hydrogen) atoms. The van der Waals surface area contributed by atoms with E-state index in [1.165, 1.54) is 13.0 Å². The minimum Gasteiger partial charge on any atom is -0.457 e. The first-order valence-corrected chi connectivity index (χ1v) is 5.32. The summed E-state index contributed by atoms with van der Waals surface area (Å²) < 4.78 is 4.60. The van der Waals surface area contributed by atoms with Crippen LogP contribution in [-0.4, -0.2) is 23.3 Å². The van der Waals surface area contributed by atoms with E-state index in [0.717, 1.165) is 0 Å². The summed E-state index contributed by atoms with van der Waals surface area (Å²) in [5.41, 5.74) is -0.0391. The monoisotopic (exact) mass is 248 g/mol. The van der Waals surface area contributed by atoms with Crippen molar-refractivity contribution in [2.45, 2.75) is 20.3 Å². The van der Waals surface area contributed by atoms with Crippen LogP contribution in [0.15, 0.2) is 10.9 Å². The average molecular weight is 248 g/mol. The molecule has 0 aliphatic carbocycles. The molecule has 0 radical (unpaired) electrons. The van der Waals surface area contributed by atoms with Crippen LogP contribution in [0.3, 0.4) is 0 Å². The highest BCUT2D eigenvalue weighted by molar-refractivity contribution is 5.99. The van der Waals surface area contributed by atoms with Crippen LogP contribution in [-0.2, 0) is 16.0 Å². The summed E-state index contributed by atoms with van der Waals surface area (Å²) in [5.74, 6) is -1.01. The predicted octanol–water partition coefficient (Wildman–Crippen LogP) is 0.555. The van der Waals surface area contributed by atoms with Crippen molar-refractivity contribution < 1.29 is 14.3 Å². The third-order valence-corrected chi connectivity index (χ3v) is 2.30. The van der Waals surface area contributed by atoms with Gasteiger partial charge in [-0.25, -0.2) is 0 Å². The Morgan fingerprint density at radius 1 is 1.50 bits per heavy atom. The lowest BCUT2D eigenvalue weighted by atomic mass is 10.1. The Morgan fingerprint density at radius 2 is 2.17 bits per heavy atom. The molecule has 0 unspecified atom stereocenters. The number of rotatable bonds is 4. The standard InChI is InChI=1S/C12H12N2O4/c1-3-10-9(11(16)6-18-7(2)15)4-8(5-13)12(17)14-10/h4H,3,6H2,1-2H3,(H,14,17). The molecule has 0 saturated carbocycles. The fourth-order valence-corrected chi connectivity index (χ4v) is 1.42. The van der Waals surface area contributed by atoms with Gasteiger partial charge in [0.25, 0.3) is 5.56 Å². The molecular weight excluding hydrogens is 236 g/mol. The lowest BCUT2D eigenvalue weighted by Gasteiger charge is -2.07. The van der Waals surface area contributed by atoms with Gasteiger partial charge in [0.1, 0.15) is 11.6 Å². The molecule has 0 aliphatic heterocycles. The van der Waals surface area contributed by atoms with Gasteiger partial charge in [0.2, 0.25) is 5.78 Å². The van der Waals surface area contributed by atoms with Crippen molar-refractivity contribution >= 4 is 11.8 Å². The predicted molar refractivity (Wildman–Crippen MR) is 62.1 cm³/mol. The minimum atomic E-state index is -0.564. The molecule has 0 aromatic carbocycles. The zero-order chi connectivity index (χ0) is 13.7. The smallest absolute Gasteiger partial charge is 0.303 e. The summed E-state index contributed by atoms with van der Waals surface area (Å²) in [5, 5.41) is 8.74. The fraction of sp³-hybridized carbons (Fsp3) is 0.333. The number of carbonyl (C=O) groups excluding carboxylic acids is 2. The number of nitriles is 1. The lowest BCUT2D eigenvalue weighted by Crippen LogP contribution is -2.20. The third-order valence-electron chi connectivity index (χ3n) is 2.30. The summed E-state index contributed by atoms with van der Waals surface area (Å²) in [4.78, 5) is 36.3. The molecule has 6 nitrogen and oxygen atoms in total. The summed E-state index contributed by atoms with van der Waals surface area (Å²) >= 11 is 0. The first-order chi connectivity index (χ1) is 8.49. The molecule has 94 valence electrons. The number of nitrogens with zero attached hydrogens (tertiary/aromatic N) is 1. The molecule has 1 aromatic rings. The van der Waals surface area contributed by atoms with Crippen LogP contribution >= 0.6 is 0 Å². The first kappa shape index (κ1) is 13.6. The summed E-state index contributed by atoms with van der Waals surface area (Å²) in [7, 11) is 0. The molecular formula is C12H12N2O4. The minimum absolute atomic E-state index is 0.140. The second-order valence-corrected chi connectivity index (χ2v) is 3.57. The number of hydrogen-bond donors (Lipinski definition) is 1. The SMILES string of the molecule is CCc1[nH]c(=O)c(C#N)cc1C(=O)COC(C)=O. The van der Waals surface area contributed by atoms with Crippen molar-refractivity contribution in [2.24, 2.45) is 0 Å². The van der Waals surface area contributed by atoms with Crippen LogP contribution in [0, 0.1) is 11.3 Å². The largest absolute Gasteiger partial charge is 0.457 e. The zero-order valence-corrected chi connectivity index (χ0v) is 10.1. The number of pyridine rings is 1. The Morgan fingerprint density at radius 3 is 2.67 bits per heavy atom. The molecule has 0 bridgehead atoms. The number of H-pyrrole nitrogens is 1. The van der Waals surface area contributed by atoms with Crippen molar-refractivity contribution in [1.82, 2.24) is 4.98 Å². The van der Waals surface area contributed by atoms with Crippen molar-refractivity contribution in [3.05, 3.63) is 33.2 Å². The van der Waals surface area contributed by atoms with Crippen LogP contribution in [0.2, 0.25) is 0 Å². The van der Waals surface area contributed by atoms with Gasteiger partial charge < -0.3 is 9.72 Å². The number of hydrogen-bond acceptors (Lipinski definition) is 5. The van der Waals surface area contributed by atoms with Crippen LogP contribution in [0.25, 0.3) is 0 Å². The Bertz CT molecular complexity index is 581. The van der Waals surface area contributed by atoms with Crippen LogP contribution in [0.4, 0.5) is 0 Å². The fourth-order valence-electron chi connectivity index (χ4n) is 1.42. The van der Waals surface area contributed by atoms with Gasteiger partial charge in [-0.05, 0) is 12.5 Å². The molecule has 1 rings (SSSR count). The number of esters is 1. The van der Waals surface area contributed by atoms with Gasteiger partial charge in [-0.15, -0.1) is 0 Å². The van der Waals surface area contributed by atoms with E-state index in [1.807, 2.05) is 0 Å². The molecule has 0 atom stereocenters. The molecule has 1 N–H and O–H groups in total. The number of ether oxygens (including phenoxy) is 1. The van der Waals surface area contributed by atoms with Crippen LogP contribution in [0.5, 0.6) is 0 Å². The van der Waals surface area contributed by atoms with Gasteiger partial charge in [-0.2, -0.15) is 5.26 Å². The van der Waals surface area contributed by atoms with Gasteiger partial charge in [-0.1, -0.05) is 6.92 Å². The first-order valence-electron chi connectivity index (χ1n) is 5.32. The van der Waals surface area contributed by atoms with E-state index in [4.69, 9.17) is 5.26 Å². The van der Waals surface area contributed by atoms with Gasteiger partial charge in [0.15, 0.2) is 6.61 Å². The molecule has 0 aliphatic rings. The van der Waals surface area contributed by atoms with Gasteiger partial charge in [-0.3, -0.25) is 14.4 Å². The second kappa shape index (κ2) is 5.77. The molecule has 0 fully saturated rings. The van der Waals surface area contributed by atoms with Crippen LogP contribution in [0.1, 0.15) is 35.5 Å². The average Bonchev–Trinajstić information content (AvgIpc) is 2.35. The maximum atomic E-state index is 11.8. The normalized spacial score (nSPS) is 9.61. The highest BCUT2D eigenvalue weighted by atomic mass is 16.5. The molecule has 1 aromatic heterocycles. The molecule has 6 heteroatoms. The molecule has 1 heterocycles. The Balaban J connectivity index is 3.14. The molecule has 0 saturated heterocycles. The Labute approximate surface area is 103 Å². The van der Waals surface area contributed by atoms with Crippen molar-refractivity contribution in [3.8, 4) is 6.07 Å². The molecule has 0 spiro atoms. The number of carbonyl (C=O) groups is 2. The number of Topliss-reactive ketones (excluding diaryl/α,β-unsaturated/α-hetero) is 1. The van der Waals surface area contributed by atoms with Crippen molar-refractivity contribution in [3.63, 3.8) is 0 Å². The number of ketones is 1. The molecule has 0 amide bonds. The van der Waals surface area contributed by atoms with E-state index in [2.05, 4.69) is 9.72 Å². The van der Waals surface area contributed by atoms with Crippen molar-refractivity contribution in [2.75, 3.05) is 6.61 Å². The van der Waals surface area contributed by atoms with Gasteiger partial charge >= 0.3 is 5.97 Å². The van der Waals surface area contributed by atoms with E-state index in [9.17, 15) is 14.4 Å². The summed E-state index contributed by atoms with van der Waals surface area (Å²) in [6.45, 7) is 2.56. The second-order valence-electron chi connectivity index (χ2n) is 3.57. The third kappa shape index (κ3) is 3.04. The highest BCUT2D eigenvalue weighted by Crippen LogP contribution is 2.08. The summed E-state index contributed by atoms with van der Waals surface area (Å²) in [6.07, 6.45) is 0.433. The van der Waals surface area contributed by atoms with Gasteiger partial charge in [0.05, 0.1) is 0 Å². The number of aromatic amines is 1. The highest BCUT2D eigenvalue weighted by Gasteiger charge is 2.15. The van der Waals surface area contributed by atoms with E-state index < -0.39 is 23.9 Å². The van der Waals surface area contributed by atoms with E-state index in [0.29, 0.717) is 12.1 Å².